The Labute approximate surface area is 90.6 Å². The molecule has 1 aromatic carbocycles. The molecule has 0 fully saturated rings. The number of hydrogen-bond donors (Lipinski definition) is 0. The maximum atomic E-state index is 13.3. The number of hydrogen-bond acceptors (Lipinski definition) is 1. The Hall–Kier alpha value is -1.96. The lowest BCUT2D eigenvalue weighted by Gasteiger charge is -2.15. The van der Waals surface area contributed by atoms with Crippen LogP contribution in [0.3, 0.4) is 0 Å². The molecule has 0 heterocycles. The maximum absolute atomic E-state index is 13.3. The summed E-state index contributed by atoms with van der Waals surface area (Å²) in [4.78, 5) is 11.1. The van der Waals surface area contributed by atoms with Gasteiger partial charge in [-0.1, -0.05) is 22.7 Å². The molecule has 84 valence electrons. The van der Waals surface area contributed by atoms with E-state index in [1.807, 2.05) is 5.92 Å². The number of anilines is 1. The van der Waals surface area contributed by atoms with E-state index in [-0.39, 0.29) is 5.69 Å². The quantitative estimate of drug-likeness (QED) is 0.561. The van der Waals surface area contributed by atoms with Crippen molar-refractivity contribution in [3.8, 4) is 11.8 Å². The van der Waals surface area contributed by atoms with Gasteiger partial charge in [0.2, 0.25) is 0 Å². The topological polar surface area (TPSA) is 20.3 Å². The molecule has 0 aromatic heterocycles. The van der Waals surface area contributed by atoms with E-state index in [0.29, 0.717) is 0 Å². The van der Waals surface area contributed by atoms with Crippen LogP contribution in [0, 0.1) is 11.8 Å². The van der Waals surface area contributed by atoms with Crippen LogP contribution < -0.4 is 5.12 Å². The van der Waals surface area contributed by atoms with E-state index in [9.17, 15) is 18.1 Å². The van der Waals surface area contributed by atoms with Crippen LogP contribution >= 0.6 is 0 Å². The first-order chi connectivity index (χ1) is 7.49. The second-order valence-electron chi connectivity index (χ2n) is 2.87. The molecule has 0 bridgehead atoms. The molecule has 1 aromatic rings. The second kappa shape index (κ2) is 4.71. The molecule has 5 heteroatoms. The van der Waals surface area contributed by atoms with Crippen molar-refractivity contribution in [1.29, 1.82) is 0 Å². The summed E-state index contributed by atoms with van der Waals surface area (Å²) in [6.45, 7) is 1.15. The maximum Gasteiger partial charge on any atom is 0.387 e. The largest absolute Gasteiger partial charge is 0.387 e. The SMILES string of the molecule is CC#CC(F)(F)C(=O)N(F)c1ccccc1. The Morgan fingerprint density at radius 2 is 1.88 bits per heavy atom. The van der Waals surface area contributed by atoms with Crippen molar-refractivity contribution in [2.45, 2.75) is 12.8 Å². The minimum atomic E-state index is -4.01. The summed E-state index contributed by atoms with van der Waals surface area (Å²) in [7, 11) is 0. The molecule has 0 atom stereocenters. The highest BCUT2D eigenvalue weighted by molar-refractivity contribution is 5.98. The standard InChI is InChI=1S/C11H8F3NO/c1-2-8-11(12,13)10(16)15(14)9-6-4-3-5-7-9/h3-7H,1H3. The van der Waals surface area contributed by atoms with Gasteiger partial charge in [-0.15, -0.1) is 11.0 Å². The second-order valence-corrected chi connectivity index (χ2v) is 2.87. The van der Waals surface area contributed by atoms with Crippen LogP contribution in [0.5, 0.6) is 0 Å². The van der Waals surface area contributed by atoms with Crippen LogP contribution in [0.4, 0.5) is 18.9 Å². The summed E-state index contributed by atoms with van der Waals surface area (Å²) in [5.41, 5.74) is -0.259. The fraction of sp³-hybridized carbons (Fsp3) is 0.182. The van der Waals surface area contributed by atoms with Gasteiger partial charge >= 0.3 is 11.8 Å². The Morgan fingerprint density at radius 3 is 2.38 bits per heavy atom. The zero-order chi connectivity index (χ0) is 12.2. The molecule has 2 nitrogen and oxygen atoms in total. The Bertz CT molecular complexity index is 434. The molecular weight excluding hydrogens is 219 g/mol. The molecule has 16 heavy (non-hydrogen) atoms. The Balaban J connectivity index is 2.94. The predicted molar refractivity (Wildman–Crippen MR) is 53.4 cm³/mol. The van der Waals surface area contributed by atoms with Gasteiger partial charge in [-0.2, -0.15) is 8.78 Å². The highest BCUT2D eigenvalue weighted by Crippen LogP contribution is 2.22. The van der Waals surface area contributed by atoms with Crippen LogP contribution in [0.25, 0.3) is 0 Å². The first-order valence-electron chi connectivity index (χ1n) is 4.36. The van der Waals surface area contributed by atoms with Crippen molar-refractivity contribution in [2.24, 2.45) is 0 Å². The molecule has 1 amide bonds. The van der Waals surface area contributed by atoms with Gasteiger partial charge < -0.3 is 0 Å². The van der Waals surface area contributed by atoms with Gasteiger partial charge in [0.15, 0.2) is 0 Å². The lowest BCUT2D eigenvalue weighted by Crippen LogP contribution is -2.38. The van der Waals surface area contributed by atoms with Crippen molar-refractivity contribution in [3.05, 3.63) is 30.3 Å². The lowest BCUT2D eigenvalue weighted by atomic mass is 10.2. The van der Waals surface area contributed by atoms with E-state index in [4.69, 9.17) is 0 Å². The highest BCUT2D eigenvalue weighted by atomic mass is 19.3. The van der Waals surface area contributed by atoms with Gasteiger partial charge in [0.25, 0.3) is 0 Å². The highest BCUT2D eigenvalue weighted by Gasteiger charge is 2.41. The Kier molecular flexibility index (Phi) is 3.56. The molecule has 0 aliphatic heterocycles. The summed E-state index contributed by atoms with van der Waals surface area (Å²) < 4.78 is 39.2. The monoisotopic (exact) mass is 227 g/mol. The van der Waals surface area contributed by atoms with Crippen LogP contribution in [0.2, 0.25) is 0 Å². The van der Waals surface area contributed by atoms with E-state index >= 15 is 0 Å². The van der Waals surface area contributed by atoms with Gasteiger partial charge in [-0.3, -0.25) is 4.79 Å². The molecule has 0 spiro atoms. The third kappa shape index (κ3) is 2.54. The number of alkyl halides is 2. The summed E-state index contributed by atoms with van der Waals surface area (Å²) in [6, 6.07) is 6.84. The van der Waals surface area contributed by atoms with Crippen LogP contribution in [-0.4, -0.2) is 11.8 Å². The predicted octanol–water partition coefficient (Wildman–Crippen LogP) is 2.56. The van der Waals surface area contributed by atoms with Crippen molar-refractivity contribution < 1.29 is 18.1 Å². The van der Waals surface area contributed by atoms with E-state index in [0.717, 1.165) is 6.92 Å². The smallest absolute Gasteiger partial charge is 0.264 e. The normalized spacial score (nSPS) is 10.2. The third-order valence-electron chi connectivity index (χ3n) is 1.71. The molecule has 0 N–H and O–H groups in total. The fourth-order valence-corrected chi connectivity index (χ4v) is 1.01. The molecule has 0 aliphatic carbocycles. The van der Waals surface area contributed by atoms with Gasteiger partial charge in [-0.05, 0) is 25.0 Å². The van der Waals surface area contributed by atoms with Crippen LogP contribution in [-0.2, 0) is 4.79 Å². The van der Waals surface area contributed by atoms with Crippen molar-refractivity contribution in [2.75, 3.05) is 5.12 Å². The van der Waals surface area contributed by atoms with E-state index in [2.05, 4.69) is 0 Å². The lowest BCUT2D eigenvalue weighted by molar-refractivity contribution is -0.138. The van der Waals surface area contributed by atoms with Crippen LogP contribution in [0.15, 0.2) is 30.3 Å². The van der Waals surface area contributed by atoms with E-state index in [1.54, 1.807) is 6.07 Å². The number of rotatable bonds is 2. The average molecular weight is 227 g/mol. The third-order valence-corrected chi connectivity index (χ3v) is 1.71. The van der Waals surface area contributed by atoms with Crippen LogP contribution in [0.1, 0.15) is 6.92 Å². The Morgan fingerprint density at radius 1 is 1.31 bits per heavy atom. The molecule has 1 rings (SSSR count). The summed E-state index contributed by atoms with van der Waals surface area (Å²) in [5.74, 6) is -2.77. The summed E-state index contributed by atoms with van der Waals surface area (Å²) in [5, 5.41) is -0.607. The zero-order valence-corrected chi connectivity index (χ0v) is 8.38. The molecule has 0 radical (unpaired) electrons. The zero-order valence-electron chi connectivity index (χ0n) is 8.38. The molecule has 0 unspecified atom stereocenters. The molecule has 0 saturated heterocycles. The van der Waals surface area contributed by atoms with Gasteiger partial charge in [-0.25, -0.2) is 0 Å². The van der Waals surface area contributed by atoms with Gasteiger partial charge in [0.1, 0.15) is 0 Å². The van der Waals surface area contributed by atoms with Crippen molar-refractivity contribution >= 4 is 11.6 Å². The first-order valence-corrected chi connectivity index (χ1v) is 4.36. The average Bonchev–Trinajstić information content (AvgIpc) is 2.28. The number of para-hydroxylation sites is 1. The molecule has 0 saturated carbocycles. The summed E-state index contributed by atoms with van der Waals surface area (Å²) in [6.07, 6.45) is 0. The number of benzene rings is 1. The fourth-order valence-electron chi connectivity index (χ4n) is 1.01. The molecular formula is C11H8F3NO. The number of amides is 1. The van der Waals surface area contributed by atoms with E-state index < -0.39 is 17.0 Å². The summed E-state index contributed by atoms with van der Waals surface area (Å²) >= 11 is 0. The number of carbonyl (C=O) groups excluding carboxylic acids is 1. The minimum absolute atomic E-state index is 0.259. The van der Waals surface area contributed by atoms with Gasteiger partial charge in [0.05, 0.1) is 5.69 Å². The minimum Gasteiger partial charge on any atom is -0.264 e. The van der Waals surface area contributed by atoms with Crippen molar-refractivity contribution in [1.82, 2.24) is 0 Å². The molecule has 0 aliphatic rings. The number of halogens is 3. The van der Waals surface area contributed by atoms with E-state index in [1.165, 1.54) is 30.2 Å². The first kappa shape index (κ1) is 12.1. The number of nitrogens with zero attached hydrogens (tertiary/aromatic N) is 1. The van der Waals surface area contributed by atoms with Crippen molar-refractivity contribution in [3.63, 3.8) is 0 Å². The number of carbonyl (C=O) groups is 1. The van der Waals surface area contributed by atoms with Gasteiger partial charge in [0, 0.05) is 0 Å².